The van der Waals surface area contributed by atoms with Gasteiger partial charge in [0.1, 0.15) is 0 Å². The lowest BCUT2D eigenvalue weighted by Gasteiger charge is -2.11. The molecule has 7 heteroatoms. The molecular formula is C25H23N3O4. The number of nitrogens with one attached hydrogen (secondary N) is 3. The van der Waals surface area contributed by atoms with Crippen LogP contribution in [0.15, 0.2) is 60.7 Å². The number of fused-ring (bicyclic) bond motifs is 1. The lowest BCUT2D eigenvalue weighted by molar-refractivity contribution is -0.110. The number of anilines is 1. The fourth-order valence-corrected chi connectivity index (χ4v) is 3.84. The highest BCUT2D eigenvalue weighted by Gasteiger charge is 2.27. The molecule has 4 rings (SSSR count). The second-order valence-corrected chi connectivity index (χ2v) is 7.71. The number of amides is 2. The van der Waals surface area contributed by atoms with Crippen molar-refractivity contribution >= 4 is 23.1 Å². The molecule has 7 nitrogen and oxygen atoms in total. The number of phenols is 2. The molecule has 5 N–H and O–H groups in total. The summed E-state index contributed by atoms with van der Waals surface area (Å²) < 4.78 is 0. The highest BCUT2D eigenvalue weighted by molar-refractivity contribution is 6.33. The van der Waals surface area contributed by atoms with E-state index in [1.807, 2.05) is 32.0 Å². The molecule has 0 radical (unpaired) electrons. The van der Waals surface area contributed by atoms with Crippen LogP contribution < -0.4 is 16.2 Å². The van der Waals surface area contributed by atoms with Crippen molar-refractivity contribution in [3.63, 3.8) is 0 Å². The SMILES string of the molecule is Cc1cc(C)cc(-c2cccc3c2/C(=C/CNNC(=O)c2ccc(O)c(O)c2)C(=O)N3)c1. The van der Waals surface area contributed by atoms with Gasteiger partial charge < -0.3 is 15.5 Å². The van der Waals surface area contributed by atoms with Crippen LogP contribution in [0.25, 0.3) is 16.7 Å². The summed E-state index contributed by atoms with van der Waals surface area (Å²) in [5, 5.41) is 21.8. The van der Waals surface area contributed by atoms with Gasteiger partial charge in [0, 0.05) is 28.9 Å². The average Bonchev–Trinajstić information content (AvgIpc) is 3.07. The lowest BCUT2D eigenvalue weighted by Crippen LogP contribution is -2.37. The summed E-state index contributed by atoms with van der Waals surface area (Å²) in [6.45, 7) is 4.29. The molecule has 0 unspecified atom stereocenters. The van der Waals surface area contributed by atoms with Gasteiger partial charge in [0.05, 0.1) is 0 Å². The maximum absolute atomic E-state index is 12.6. The molecule has 2 amide bonds. The molecule has 0 atom stereocenters. The Kier molecular flexibility index (Phi) is 5.66. The fraction of sp³-hybridized carbons (Fsp3) is 0.120. The van der Waals surface area contributed by atoms with E-state index in [1.165, 1.54) is 18.2 Å². The van der Waals surface area contributed by atoms with E-state index in [9.17, 15) is 19.8 Å². The second-order valence-electron chi connectivity index (χ2n) is 7.71. The van der Waals surface area contributed by atoms with Crippen LogP contribution >= 0.6 is 0 Å². The molecular weight excluding hydrogens is 406 g/mol. The first kappa shape index (κ1) is 21.1. The summed E-state index contributed by atoms with van der Waals surface area (Å²) in [4.78, 5) is 24.8. The maximum atomic E-state index is 12.6. The van der Waals surface area contributed by atoms with Crippen LogP contribution in [0.1, 0.15) is 27.0 Å². The van der Waals surface area contributed by atoms with Gasteiger partial charge in [-0.25, -0.2) is 5.43 Å². The quantitative estimate of drug-likeness (QED) is 0.184. The largest absolute Gasteiger partial charge is 0.504 e. The number of rotatable bonds is 5. The minimum absolute atomic E-state index is 0.182. The Morgan fingerprint density at radius 2 is 1.75 bits per heavy atom. The Bertz CT molecular complexity index is 1240. The number of hydrazine groups is 1. The van der Waals surface area contributed by atoms with Gasteiger partial charge in [-0.3, -0.25) is 15.0 Å². The Morgan fingerprint density at radius 3 is 2.47 bits per heavy atom. The molecule has 3 aromatic carbocycles. The minimum atomic E-state index is -0.481. The van der Waals surface area contributed by atoms with Gasteiger partial charge in [-0.05, 0) is 49.2 Å². The molecule has 32 heavy (non-hydrogen) atoms. The zero-order valence-corrected chi connectivity index (χ0v) is 17.7. The van der Waals surface area contributed by atoms with Gasteiger partial charge in [-0.1, -0.05) is 47.5 Å². The highest BCUT2D eigenvalue weighted by atomic mass is 16.3. The van der Waals surface area contributed by atoms with E-state index in [1.54, 1.807) is 6.08 Å². The van der Waals surface area contributed by atoms with Crippen molar-refractivity contribution < 1.29 is 19.8 Å². The normalized spacial score (nSPS) is 13.7. The van der Waals surface area contributed by atoms with Crippen molar-refractivity contribution in [3.05, 3.63) is 82.9 Å². The summed E-state index contributed by atoms with van der Waals surface area (Å²) in [5.74, 6) is -1.36. The smallest absolute Gasteiger partial charge is 0.265 e. The number of phenolic OH excluding ortho intramolecular Hbond substituents is 2. The number of aromatic hydroxyl groups is 2. The van der Waals surface area contributed by atoms with Crippen LogP contribution in [0, 0.1) is 13.8 Å². The molecule has 0 aliphatic carbocycles. The number of carbonyl (C=O) groups excluding carboxylic acids is 2. The van der Waals surface area contributed by atoms with Crippen LogP contribution in [0.5, 0.6) is 11.5 Å². The number of benzene rings is 3. The van der Waals surface area contributed by atoms with Crippen LogP contribution in [0.4, 0.5) is 5.69 Å². The Hall–Kier alpha value is -4.10. The number of carbonyl (C=O) groups is 2. The first-order valence-corrected chi connectivity index (χ1v) is 10.1. The van der Waals surface area contributed by atoms with Crippen molar-refractivity contribution in [2.45, 2.75) is 13.8 Å². The predicted octanol–water partition coefficient (Wildman–Crippen LogP) is 3.65. The monoisotopic (exact) mass is 429 g/mol. The number of aryl methyl sites for hydroxylation is 2. The summed E-state index contributed by atoms with van der Waals surface area (Å²) in [6, 6.07) is 15.9. The molecule has 0 fully saturated rings. The molecule has 1 heterocycles. The number of hydrogen-bond donors (Lipinski definition) is 5. The minimum Gasteiger partial charge on any atom is -0.504 e. The summed E-state index contributed by atoms with van der Waals surface area (Å²) in [7, 11) is 0. The lowest BCUT2D eigenvalue weighted by atomic mass is 9.93. The Morgan fingerprint density at radius 1 is 1.00 bits per heavy atom. The molecule has 0 bridgehead atoms. The molecule has 1 aliphatic heterocycles. The van der Waals surface area contributed by atoms with Crippen molar-refractivity contribution in [3.8, 4) is 22.6 Å². The van der Waals surface area contributed by atoms with Gasteiger partial charge in [-0.15, -0.1) is 0 Å². The van der Waals surface area contributed by atoms with Crippen molar-refractivity contribution in [2.75, 3.05) is 11.9 Å². The van der Waals surface area contributed by atoms with Gasteiger partial charge in [0.15, 0.2) is 11.5 Å². The summed E-state index contributed by atoms with van der Waals surface area (Å²) >= 11 is 0. The zero-order chi connectivity index (χ0) is 22.8. The summed E-state index contributed by atoms with van der Waals surface area (Å²) in [6.07, 6.45) is 1.72. The first-order chi connectivity index (χ1) is 15.3. The van der Waals surface area contributed by atoms with Gasteiger partial charge in [0.25, 0.3) is 11.8 Å². The van der Waals surface area contributed by atoms with E-state index in [-0.39, 0.29) is 29.5 Å². The second kappa shape index (κ2) is 8.56. The predicted molar refractivity (Wildman–Crippen MR) is 123 cm³/mol. The molecule has 1 aliphatic rings. The molecule has 162 valence electrons. The van der Waals surface area contributed by atoms with Crippen molar-refractivity contribution in [2.24, 2.45) is 0 Å². The van der Waals surface area contributed by atoms with Crippen LogP contribution in [-0.4, -0.2) is 28.6 Å². The van der Waals surface area contributed by atoms with E-state index < -0.39 is 5.91 Å². The third kappa shape index (κ3) is 4.19. The van der Waals surface area contributed by atoms with Crippen LogP contribution in [-0.2, 0) is 4.79 Å². The standard InChI is InChI=1S/C25H23N3O4/c1-14-10-15(2)12-17(11-14)18-4-3-5-20-23(18)19(25(32)27-20)8-9-26-28-24(31)16-6-7-21(29)22(30)13-16/h3-8,10-13,26,29-30H,9H2,1-2H3,(H,27,32)(H,28,31)/b19-8-. The average molecular weight is 429 g/mol. The van der Waals surface area contributed by atoms with E-state index in [0.29, 0.717) is 5.57 Å². The third-order valence-corrected chi connectivity index (χ3v) is 5.21. The third-order valence-electron chi connectivity index (χ3n) is 5.21. The van der Waals surface area contributed by atoms with Gasteiger partial charge in [-0.2, -0.15) is 0 Å². The van der Waals surface area contributed by atoms with E-state index in [4.69, 9.17) is 0 Å². The molecule has 0 spiro atoms. The molecule has 0 saturated heterocycles. The Balaban J connectivity index is 1.54. The highest BCUT2D eigenvalue weighted by Crippen LogP contribution is 2.39. The number of hydrogen-bond acceptors (Lipinski definition) is 5. The van der Waals surface area contributed by atoms with E-state index >= 15 is 0 Å². The van der Waals surface area contributed by atoms with E-state index in [2.05, 4.69) is 34.4 Å². The van der Waals surface area contributed by atoms with E-state index in [0.717, 1.165) is 33.5 Å². The van der Waals surface area contributed by atoms with Gasteiger partial charge in [0.2, 0.25) is 0 Å². The Labute approximate surface area is 185 Å². The van der Waals surface area contributed by atoms with Gasteiger partial charge >= 0.3 is 0 Å². The zero-order valence-electron chi connectivity index (χ0n) is 17.7. The summed E-state index contributed by atoms with van der Waals surface area (Å²) in [5.41, 5.74) is 11.9. The van der Waals surface area contributed by atoms with Crippen LogP contribution in [0.3, 0.4) is 0 Å². The maximum Gasteiger partial charge on any atom is 0.265 e. The van der Waals surface area contributed by atoms with Crippen LogP contribution in [0.2, 0.25) is 0 Å². The molecule has 0 aromatic heterocycles. The fourth-order valence-electron chi connectivity index (χ4n) is 3.84. The first-order valence-electron chi connectivity index (χ1n) is 10.1. The molecule has 0 saturated carbocycles. The van der Waals surface area contributed by atoms with Crippen molar-refractivity contribution in [1.29, 1.82) is 0 Å². The van der Waals surface area contributed by atoms with Crippen molar-refractivity contribution in [1.82, 2.24) is 10.9 Å². The molecule has 3 aromatic rings. The topological polar surface area (TPSA) is 111 Å².